The van der Waals surface area contributed by atoms with E-state index in [1.165, 1.54) is 17.6 Å². The van der Waals surface area contributed by atoms with Crippen LogP contribution in [0.3, 0.4) is 0 Å². The van der Waals surface area contributed by atoms with Crippen molar-refractivity contribution < 1.29 is 19.1 Å². The lowest BCUT2D eigenvalue weighted by Crippen LogP contribution is -2.10. The monoisotopic (exact) mass is 252 g/mol. The topological polar surface area (TPSA) is 92.4 Å². The van der Waals surface area contributed by atoms with E-state index in [-0.39, 0.29) is 24.0 Å². The first-order valence-corrected chi connectivity index (χ1v) is 5.54. The molecule has 0 atom stereocenters. The van der Waals surface area contributed by atoms with Gasteiger partial charge in [0.15, 0.2) is 0 Å². The SMILES string of the molecule is O=C(O)Cc1coc(NC(=O)c2cccs2)n1. The molecule has 17 heavy (non-hydrogen) atoms. The van der Waals surface area contributed by atoms with Crippen LogP contribution in [0, 0.1) is 0 Å². The van der Waals surface area contributed by atoms with Crippen molar-refractivity contribution in [3.05, 3.63) is 34.3 Å². The van der Waals surface area contributed by atoms with E-state index < -0.39 is 5.97 Å². The van der Waals surface area contributed by atoms with Crippen LogP contribution in [0.25, 0.3) is 0 Å². The van der Waals surface area contributed by atoms with Gasteiger partial charge in [0.05, 0.1) is 17.0 Å². The minimum atomic E-state index is -1.01. The van der Waals surface area contributed by atoms with E-state index >= 15 is 0 Å². The second-order valence-electron chi connectivity index (χ2n) is 3.15. The van der Waals surface area contributed by atoms with Gasteiger partial charge < -0.3 is 9.52 Å². The van der Waals surface area contributed by atoms with Crippen LogP contribution in [0.1, 0.15) is 15.4 Å². The Labute approximate surface area is 99.9 Å². The molecule has 0 saturated heterocycles. The van der Waals surface area contributed by atoms with Crippen molar-refractivity contribution in [2.24, 2.45) is 0 Å². The number of thiophene rings is 1. The van der Waals surface area contributed by atoms with Gasteiger partial charge in [-0.2, -0.15) is 4.98 Å². The van der Waals surface area contributed by atoms with Crippen molar-refractivity contribution in [2.45, 2.75) is 6.42 Å². The van der Waals surface area contributed by atoms with Crippen LogP contribution in [-0.4, -0.2) is 22.0 Å². The van der Waals surface area contributed by atoms with Gasteiger partial charge >= 0.3 is 12.0 Å². The van der Waals surface area contributed by atoms with Gasteiger partial charge in [-0.05, 0) is 11.4 Å². The predicted molar refractivity (Wildman–Crippen MR) is 60.1 cm³/mol. The summed E-state index contributed by atoms with van der Waals surface area (Å²) in [6, 6.07) is 3.42. The Bertz CT molecular complexity index is 532. The number of aromatic nitrogens is 1. The van der Waals surface area contributed by atoms with E-state index in [0.717, 1.165) is 0 Å². The fourth-order valence-electron chi connectivity index (χ4n) is 1.17. The molecule has 6 nitrogen and oxygen atoms in total. The van der Waals surface area contributed by atoms with Crippen LogP contribution in [0.15, 0.2) is 28.2 Å². The zero-order chi connectivity index (χ0) is 12.3. The second-order valence-corrected chi connectivity index (χ2v) is 4.09. The molecule has 2 aromatic heterocycles. The summed E-state index contributed by atoms with van der Waals surface area (Å²) in [5, 5.41) is 12.8. The maximum absolute atomic E-state index is 11.6. The van der Waals surface area contributed by atoms with Gasteiger partial charge in [-0.25, -0.2) is 0 Å². The summed E-state index contributed by atoms with van der Waals surface area (Å²) < 4.78 is 4.93. The van der Waals surface area contributed by atoms with Crippen LogP contribution in [0.5, 0.6) is 0 Å². The Morgan fingerprint density at radius 3 is 3.00 bits per heavy atom. The fourth-order valence-corrected chi connectivity index (χ4v) is 1.79. The van der Waals surface area contributed by atoms with Gasteiger partial charge in [-0.15, -0.1) is 11.3 Å². The molecule has 0 radical (unpaired) electrons. The van der Waals surface area contributed by atoms with E-state index in [2.05, 4.69) is 10.3 Å². The van der Waals surface area contributed by atoms with Crippen molar-refractivity contribution in [1.82, 2.24) is 4.98 Å². The summed E-state index contributed by atoms with van der Waals surface area (Å²) in [4.78, 5) is 26.4. The maximum Gasteiger partial charge on any atom is 0.309 e. The summed E-state index contributed by atoms with van der Waals surface area (Å²) in [7, 11) is 0. The molecule has 2 rings (SSSR count). The van der Waals surface area contributed by atoms with E-state index in [0.29, 0.717) is 4.88 Å². The number of rotatable bonds is 4. The van der Waals surface area contributed by atoms with E-state index in [1.807, 2.05) is 0 Å². The molecule has 0 aliphatic carbocycles. The zero-order valence-corrected chi connectivity index (χ0v) is 9.36. The summed E-state index contributed by atoms with van der Waals surface area (Å²) in [5.41, 5.74) is 0.263. The molecule has 0 spiro atoms. The van der Waals surface area contributed by atoms with Crippen LogP contribution in [0.4, 0.5) is 6.01 Å². The third kappa shape index (κ3) is 2.91. The molecular formula is C10H8N2O4S. The van der Waals surface area contributed by atoms with Crippen molar-refractivity contribution in [3.8, 4) is 0 Å². The van der Waals surface area contributed by atoms with Crippen molar-refractivity contribution in [1.29, 1.82) is 0 Å². The first-order chi connectivity index (χ1) is 8.15. The van der Waals surface area contributed by atoms with Gasteiger partial charge in [-0.1, -0.05) is 6.07 Å². The van der Waals surface area contributed by atoms with E-state index in [4.69, 9.17) is 9.52 Å². The lowest BCUT2D eigenvalue weighted by molar-refractivity contribution is -0.136. The van der Waals surface area contributed by atoms with E-state index in [9.17, 15) is 9.59 Å². The Balaban J connectivity index is 2.02. The van der Waals surface area contributed by atoms with Crippen molar-refractivity contribution in [2.75, 3.05) is 5.32 Å². The molecule has 2 heterocycles. The second kappa shape index (κ2) is 4.79. The fraction of sp³-hybridized carbons (Fsp3) is 0.100. The number of hydrogen-bond donors (Lipinski definition) is 2. The Hall–Kier alpha value is -2.15. The summed E-state index contributed by atoms with van der Waals surface area (Å²) in [6.45, 7) is 0. The molecule has 7 heteroatoms. The number of carbonyl (C=O) groups excluding carboxylic acids is 1. The summed E-state index contributed by atoms with van der Waals surface area (Å²) in [6.07, 6.45) is 0.969. The van der Waals surface area contributed by atoms with Crippen LogP contribution in [0.2, 0.25) is 0 Å². The van der Waals surface area contributed by atoms with Crippen molar-refractivity contribution >= 4 is 29.2 Å². The third-order valence-corrected chi connectivity index (χ3v) is 2.72. The molecule has 2 N–H and O–H groups in total. The third-order valence-electron chi connectivity index (χ3n) is 1.85. The zero-order valence-electron chi connectivity index (χ0n) is 8.54. The normalized spacial score (nSPS) is 10.1. The smallest absolute Gasteiger partial charge is 0.309 e. The van der Waals surface area contributed by atoms with Gasteiger partial charge in [-0.3, -0.25) is 14.9 Å². The minimum Gasteiger partial charge on any atom is -0.481 e. The minimum absolute atomic E-state index is 0.000324. The molecule has 0 unspecified atom stereocenters. The van der Waals surface area contributed by atoms with Crippen molar-refractivity contribution in [3.63, 3.8) is 0 Å². The Kier molecular flexibility index (Phi) is 3.20. The lowest BCUT2D eigenvalue weighted by atomic mass is 10.3. The van der Waals surface area contributed by atoms with Crippen LogP contribution >= 0.6 is 11.3 Å². The highest BCUT2D eigenvalue weighted by atomic mass is 32.1. The number of nitrogens with one attached hydrogen (secondary N) is 1. The number of oxazole rings is 1. The Morgan fingerprint density at radius 1 is 1.53 bits per heavy atom. The molecule has 0 bridgehead atoms. The van der Waals surface area contributed by atoms with E-state index in [1.54, 1.807) is 17.5 Å². The number of nitrogens with zero attached hydrogens (tertiary/aromatic N) is 1. The standard InChI is InChI=1S/C10H8N2O4S/c13-8(14)4-6-5-16-10(11-6)12-9(15)7-2-1-3-17-7/h1-3,5H,4H2,(H,13,14)(H,11,12,15). The number of carboxylic acids is 1. The van der Waals surface area contributed by atoms with Gasteiger partial charge in [0, 0.05) is 0 Å². The number of aliphatic carboxylic acids is 1. The quantitative estimate of drug-likeness (QED) is 0.862. The Morgan fingerprint density at radius 2 is 2.35 bits per heavy atom. The molecule has 2 aromatic rings. The summed E-state index contributed by atoms with van der Waals surface area (Å²) in [5.74, 6) is -1.34. The number of carbonyl (C=O) groups is 2. The highest BCUT2D eigenvalue weighted by Gasteiger charge is 2.12. The first kappa shape index (κ1) is 11.3. The van der Waals surface area contributed by atoms with Gasteiger partial charge in [0.2, 0.25) is 0 Å². The average molecular weight is 252 g/mol. The summed E-state index contributed by atoms with van der Waals surface area (Å²) >= 11 is 1.29. The number of hydrogen-bond acceptors (Lipinski definition) is 5. The maximum atomic E-state index is 11.6. The average Bonchev–Trinajstić information content (AvgIpc) is 2.87. The molecule has 0 aromatic carbocycles. The first-order valence-electron chi connectivity index (χ1n) is 4.66. The number of amides is 1. The van der Waals surface area contributed by atoms with Gasteiger partial charge in [0.25, 0.3) is 5.91 Å². The number of carboxylic acid groups (broad SMARTS) is 1. The number of anilines is 1. The van der Waals surface area contributed by atoms with Crippen LogP contribution < -0.4 is 5.32 Å². The lowest BCUT2D eigenvalue weighted by Gasteiger charge is -1.96. The van der Waals surface area contributed by atoms with Crippen LogP contribution in [-0.2, 0) is 11.2 Å². The molecule has 1 amide bonds. The molecule has 0 aliphatic rings. The largest absolute Gasteiger partial charge is 0.481 e. The predicted octanol–water partition coefficient (Wildman–Crippen LogP) is 1.62. The highest BCUT2D eigenvalue weighted by molar-refractivity contribution is 7.12. The molecule has 0 saturated carbocycles. The molecular weight excluding hydrogens is 244 g/mol. The van der Waals surface area contributed by atoms with Gasteiger partial charge in [0.1, 0.15) is 6.26 Å². The highest BCUT2D eigenvalue weighted by Crippen LogP contribution is 2.13. The molecule has 0 aliphatic heterocycles. The molecule has 0 fully saturated rings. The molecule has 88 valence electrons.